The van der Waals surface area contributed by atoms with E-state index in [4.69, 9.17) is 9.97 Å². The van der Waals surface area contributed by atoms with Crippen molar-refractivity contribution < 1.29 is 5.11 Å². The molecule has 3 heterocycles. The minimum atomic E-state index is 0.289. The predicted octanol–water partition coefficient (Wildman–Crippen LogP) is 4.77. The van der Waals surface area contributed by atoms with Crippen LogP contribution >= 0.6 is 0 Å². The number of hydrogen-bond donors (Lipinski definition) is 1. The molecule has 0 saturated carbocycles. The predicted molar refractivity (Wildman–Crippen MR) is 132 cm³/mol. The molecule has 174 valence electrons. The van der Waals surface area contributed by atoms with E-state index in [9.17, 15) is 5.11 Å². The van der Waals surface area contributed by atoms with Gasteiger partial charge in [0.25, 0.3) is 0 Å². The highest BCUT2D eigenvalue weighted by atomic mass is 16.3. The molecule has 0 radical (unpaired) electrons. The number of anilines is 1. The van der Waals surface area contributed by atoms with Gasteiger partial charge in [0.1, 0.15) is 5.82 Å². The molecule has 1 atom stereocenters. The SMILES string of the molecule is CCc1cccc(CC)c1-c1nc(C)c(CN2CCCC(CO)C2)c(N2CCCCC2)n1. The molecule has 2 aromatic rings. The van der Waals surface area contributed by atoms with E-state index in [1.807, 2.05) is 0 Å². The van der Waals surface area contributed by atoms with E-state index < -0.39 is 0 Å². The first-order valence-electron chi connectivity index (χ1n) is 12.7. The van der Waals surface area contributed by atoms with E-state index in [1.165, 1.54) is 41.5 Å². The van der Waals surface area contributed by atoms with E-state index >= 15 is 0 Å². The van der Waals surface area contributed by atoms with Crippen molar-refractivity contribution in [3.05, 3.63) is 40.6 Å². The van der Waals surface area contributed by atoms with Gasteiger partial charge in [-0.3, -0.25) is 4.90 Å². The number of benzene rings is 1. The van der Waals surface area contributed by atoms with Crippen molar-refractivity contribution in [3.63, 3.8) is 0 Å². The third-order valence-electron chi connectivity index (χ3n) is 7.31. The van der Waals surface area contributed by atoms with Crippen LogP contribution in [-0.4, -0.2) is 52.8 Å². The summed E-state index contributed by atoms with van der Waals surface area (Å²) in [5.74, 6) is 2.44. The fraction of sp³-hybridized carbons (Fsp3) is 0.630. The number of hydrogen-bond acceptors (Lipinski definition) is 5. The second-order valence-electron chi connectivity index (χ2n) is 9.57. The number of aryl methyl sites for hydroxylation is 3. The molecule has 1 aromatic carbocycles. The first kappa shape index (κ1) is 23.2. The Hall–Kier alpha value is -1.98. The van der Waals surface area contributed by atoms with Crippen LogP contribution in [0.25, 0.3) is 11.4 Å². The Labute approximate surface area is 193 Å². The standard InChI is InChI=1S/C27H40N4O/c1-4-22-12-9-13-23(5-2)25(22)26-28-20(3)24(18-30-14-10-11-21(17-30)19-32)27(29-26)31-15-7-6-8-16-31/h9,12-13,21,32H,4-8,10-11,14-19H2,1-3H3. The zero-order chi connectivity index (χ0) is 22.5. The third kappa shape index (κ3) is 4.99. The molecule has 1 aromatic heterocycles. The molecule has 5 heteroatoms. The normalized spacial score (nSPS) is 20.0. The van der Waals surface area contributed by atoms with Crippen LogP contribution in [0, 0.1) is 12.8 Å². The molecule has 2 aliphatic heterocycles. The van der Waals surface area contributed by atoms with E-state index in [0.717, 1.165) is 75.7 Å². The lowest BCUT2D eigenvalue weighted by Crippen LogP contribution is -2.38. The zero-order valence-electron chi connectivity index (χ0n) is 20.2. The van der Waals surface area contributed by atoms with Gasteiger partial charge in [0.05, 0.1) is 0 Å². The Kier molecular flexibility index (Phi) is 7.80. The Balaban J connectivity index is 1.76. The number of rotatable bonds is 7. The van der Waals surface area contributed by atoms with Crippen LogP contribution < -0.4 is 4.90 Å². The Morgan fingerprint density at radius 1 is 0.969 bits per heavy atom. The van der Waals surface area contributed by atoms with Crippen molar-refractivity contribution in [2.45, 2.75) is 72.3 Å². The monoisotopic (exact) mass is 436 g/mol. The molecular weight excluding hydrogens is 396 g/mol. The van der Waals surface area contributed by atoms with Crippen LogP contribution in [0.3, 0.4) is 0 Å². The molecule has 0 spiro atoms. The van der Waals surface area contributed by atoms with Gasteiger partial charge in [0, 0.05) is 49.6 Å². The molecule has 0 aliphatic carbocycles. The molecule has 1 unspecified atom stereocenters. The molecule has 2 aliphatic rings. The third-order valence-corrected chi connectivity index (χ3v) is 7.31. The van der Waals surface area contributed by atoms with Gasteiger partial charge < -0.3 is 10.0 Å². The number of aliphatic hydroxyl groups is 1. The largest absolute Gasteiger partial charge is 0.396 e. The lowest BCUT2D eigenvalue weighted by atomic mass is 9.96. The average Bonchev–Trinajstić information content (AvgIpc) is 2.85. The first-order valence-corrected chi connectivity index (χ1v) is 12.7. The lowest BCUT2D eigenvalue weighted by Gasteiger charge is -2.35. The van der Waals surface area contributed by atoms with Crippen molar-refractivity contribution >= 4 is 5.82 Å². The molecule has 4 rings (SSSR count). The van der Waals surface area contributed by atoms with Crippen LogP contribution in [-0.2, 0) is 19.4 Å². The summed E-state index contributed by atoms with van der Waals surface area (Å²) in [6.07, 6.45) is 8.05. The topological polar surface area (TPSA) is 52.5 Å². The quantitative estimate of drug-likeness (QED) is 0.677. The maximum absolute atomic E-state index is 9.69. The summed E-state index contributed by atoms with van der Waals surface area (Å²) >= 11 is 0. The van der Waals surface area contributed by atoms with E-state index in [2.05, 4.69) is 48.8 Å². The summed E-state index contributed by atoms with van der Waals surface area (Å²) in [4.78, 5) is 15.4. The molecule has 0 bridgehead atoms. The number of aromatic nitrogens is 2. The summed E-state index contributed by atoms with van der Waals surface area (Å²) in [5, 5.41) is 9.69. The summed E-state index contributed by atoms with van der Waals surface area (Å²) in [6, 6.07) is 6.62. The highest BCUT2D eigenvalue weighted by Gasteiger charge is 2.25. The van der Waals surface area contributed by atoms with Gasteiger partial charge in [0.2, 0.25) is 0 Å². The van der Waals surface area contributed by atoms with Gasteiger partial charge in [-0.05, 0) is 75.5 Å². The van der Waals surface area contributed by atoms with Gasteiger partial charge in [-0.25, -0.2) is 9.97 Å². The maximum Gasteiger partial charge on any atom is 0.162 e. The Morgan fingerprint density at radius 3 is 2.34 bits per heavy atom. The highest BCUT2D eigenvalue weighted by molar-refractivity contribution is 5.68. The first-order chi connectivity index (χ1) is 15.6. The maximum atomic E-state index is 9.69. The highest BCUT2D eigenvalue weighted by Crippen LogP contribution is 2.32. The molecule has 2 saturated heterocycles. The fourth-order valence-electron chi connectivity index (χ4n) is 5.44. The second-order valence-corrected chi connectivity index (χ2v) is 9.57. The molecule has 0 amide bonds. The molecule has 5 nitrogen and oxygen atoms in total. The van der Waals surface area contributed by atoms with Crippen LogP contribution in [0.4, 0.5) is 5.82 Å². The Bertz CT molecular complexity index is 885. The van der Waals surface area contributed by atoms with Gasteiger partial charge >= 0.3 is 0 Å². The van der Waals surface area contributed by atoms with Crippen molar-refractivity contribution in [1.82, 2.24) is 14.9 Å². The number of aliphatic hydroxyl groups excluding tert-OH is 1. The van der Waals surface area contributed by atoms with Gasteiger partial charge in [-0.2, -0.15) is 0 Å². The minimum Gasteiger partial charge on any atom is -0.396 e. The lowest BCUT2D eigenvalue weighted by molar-refractivity contribution is 0.115. The second kappa shape index (κ2) is 10.8. The van der Waals surface area contributed by atoms with Crippen molar-refractivity contribution in [2.24, 2.45) is 5.92 Å². The fourth-order valence-corrected chi connectivity index (χ4v) is 5.44. The number of nitrogens with zero attached hydrogens (tertiary/aromatic N) is 4. The molecule has 32 heavy (non-hydrogen) atoms. The van der Waals surface area contributed by atoms with Crippen molar-refractivity contribution in [2.75, 3.05) is 37.7 Å². The van der Waals surface area contributed by atoms with Crippen LogP contribution in [0.5, 0.6) is 0 Å². The smallest absolute Gasteiger partial charge is 0.162 e. The summed E-state index contributed by atoms with van der Waals surface area (Å²) in [6.45, 7) is 12.0. The molecule has 1 N–H and O–H groups in total. The van der Waals surface area contributed by atoms with Crippen molar-refractivity contribution in [3.8, 4) is 11.4 Å². The van der Waals surface area contributed by atoms with E-state index in [1.54, 1.807) is 0 Å². The zero-order valence-corrected chi connectivity index (χ0v) is 20.2. The van der Waals surface area contributed by atoms with E-state index in [0.29, 0.717) is 5.92 Å². The minimum absolute atomic E-state index is 0.289. The van der Waals surface area contributed by atoms with Crippen LogP contribution in [0.1, 0.15) is 68.3 Å². The van der Waals surface area contributed by atoms with Gasteiger partial charge in [-0.15, -0.1) is 0 Å². The average molecular weight is 437 g/mol. The van der Waals surface area contributed by atoms with Crippen molar-refractivity contribution in [1.29, 1.82) is 0 Å². The summed E-state index contributed by atoms with van der Waals surface area (Å²) < 4.78 is 0. The Morgan fingerprint density at radius 2 is 1.69 bits per heavy atom. The number of piperidine rings is 2. The molecular formula is C27H40N4O. The summed E-state index contributed by atoms with van der Waals surface area (Å²) in [7, 11) is 0. The van der Waals surface area contributed by atoms with Crippen LogP contribution in [0.2, 0.25) is 0 Å². The van der Waals surface area contributed by atoms with Crippen LogP contribution in [0.15, 0.2) is 18.2 Å². The van der Waals surface area contributed by atoms with Gasteiger partial charge in [-0.1, -0.05) is 32.0 Å². The van der Waals surface area contributed by atoms with E-state index in [-0.39, 0.29) is 6.61 Å². The number of likely N-dealkylation sites (tertiary alicyclic amines) is 1. The van der Waals surface area contributed by atoms with Gasteiger partial charge in [0.15, 0.2) is 5.82 Å². The molecule has 2 fully saturated rings. The summed E-state index contributed by atoms with van der Waals surface area (Å²) in [5.41, 5.74) is 6.30.